The predicted molar refractivity (Wildman–Crippen MR) is 122 cm³/mol. The Hall–Kier alpha value is -3.10. The van der Waals surface area contributed by atoms with Gasteiger partial charge >= 0.3 is 11.9 Å². The Kier molecular flexibility index (Phi) is 5.76. The molecule has 0 aromatic carbocycles. The average Bonchev–Trinajstić information content (AvgIpc) is 3.26. The smallest absolute Gasteiger partial charge is 0.357 e. The number of fused-ring (bicyclic) bond motifs is 1. The number of aryl methyl sites for hydroxylation is 2. The van der Waals surface area contributed by atoms with E-state index in [-0.39, 0.29) is 24.4 Å². The molecular formula is C21H22FN6O5S2+. The molecular weight excluding hydrogens is 499 g/mol. The highest BCUT2D eigenvalue weighted by molar-refractivity contribution is 7.90. The standard InChI is InChI=1S/C21H22FN6O5S2/c1-12-7-14(33-25-12)9-28-19(29)16-8-15(35(31,32)26-21(11-22)5-6-21)3-4-17(16)27(20(28)30)10-18-24-23-13(2)34-18/h3-4,7-8,15,26H,5-6,9-11H2,1-2H3/q+1. The number of halogens is 1. The van der Waals surface area contributed by atoms with Crippen LogP contribution in [0.1, 0.15) is 34.3 Å². The van der Waals surface area contributed by atoms with Gasteiger partial charge in [0.25, 0.3) is 0 Å². The fraction of sp³-hybridized carbons (Fsp3) is 0.429. The number of sulfonamides is 1. The lowest BCUT2D eigenvalue weighted by Crippen LogP contribution is -2.51. The van der Waals surface area contributed by atoms with Gasteiger partial charge in [0.05, 0.1) is 11.2 Å². The van der Waals surface area contributed by atoms with Crippen LogP contribution in [-0.4, -0.2) is 68.4 Å². The minimum Gasteiger partial charge on any atom is -0.357 e. The molecule has 1 fully saturated rings. The first-order valence-corrected chi connectivity index (χ1v) is 13.2. The number of imide groups is 1. The van der Waals surface area contributed by atoms with Crippen LogP contribution in [0.4, 0.5) is 9.18 Å². The first-order chi connectivity index (χ1) is 16.6. The maximum absolute atomic E-state index is 13.4. The molecule has 3 aliphatic rings. The van der Waals surface area contributed by atoms with Gasteiger partial charge in [-0.05, 0) is 38.8 Å². The third-order valence-corrected chi connectivity index (χ3v) is 8.51. The molecule has 0 bridgehead atoms. The summed E-state index contributed by atoms with van der Waals surface area (Å²) in [6.07, 6.45) is 4.94. The summed E-state index contributed by atoms with van der Waals surface area (Å²) in [4.78, 5) is 27.8. The van der Waals surface area contributed by atoms with Crippen LogP contribution < -0.4 is 4.72 Å². The summed E-state index contributed by atoms with van der Waals surface area (Å²) in [7, 11) is -4.01. The number of carbonyl (C=O) groups excluding carboxylic acids is 2. The summed E-state index contributed by atoms with van der Waals surface area (Å²) >= 11 is 1.31. The molecule has 0 spiro atoms. The number of hydrogen-bond acceptors (Lipinski definition) is 9. The minimum atomic E-state index is -4.01. The van der Waals surface area contributed by atoms with E-state index in [0.29, 0.717) is 34.3 Å². The Morgan fingerprint density at radius 2 is 2.09 bits per heavy atom. The van der Waals surface area contributed by atoms with Crippen LogP contribution in [0.15, 0.2) is 34.4 Å². The minimum absolute atomic E-state index is 0.0429. The fourth-order valence-electron chi connectivity index (χ4n) is 3.93. The molecule has 1 atom stereocenters. The Morgan fingerprint density at radius 1 is 1.31 bits per heavy atom. The zero-order valence-corrected chi connectivity index (χ0v) is 20.5. The molecule has 184 valence electrons. The number of allylic oxidation sites excluding steroid dienone is 1. The molecule has 1 N–H and O–H groups in total. The monoisotopic (exact) mass is 521 g/mol. The van der Waals surface area contributed by atoms with Crippen molar-refractivity contribution in [3.8, 4) is 0 Å². The van der Waals surface area contributed by atoms with E-state index in [9.17, 15) is 22.4 Å². The van der Waals surface area contributed by atoms with Crippen molar-refractivity contribution >= 4 is 39.0 Å². The van der Waals surface area contributed by atoms with Crippen LogP contribution in [0.25, 0.3) is 0 Å². The highest BCUT2D eigenvalue weighted by Crippen LogP contribution is 2.37. The Morgan fingerprint density at radius 3 is 2.69 bits per heavy atom. The second-order valence-corrected chi connectivity index (χ2v) is 11.9. The molecule has 1 unspecified atom stereocenters. The van der Waals surface area contributed by atoms with E-state index in [1.807, 2.05) is 0 Å². The van der Waals surface area contributed by atoms with Gasteiger partial charge in [0, 0.05) is 6.07 Å². The SMILES string of the molecule is Cc1cc(CN2C(=O)C3=CC(S(=O)(=O)NC4(CF)CC4)C=CC3=[N+](Cc3nnc(C)s3)C2=O)on1. The van der Waals surface area contributed by atoms with E-state index in [4.69, 9.17) is 4.52 Å². The van der Waals surface area contributed by atoms with Crippen LogP contribution in [0.5, 0.6) is 0 Å². The van der Waals surface area contributed by atoms with Gasteiger partial charge in [-0.2, -0.15) is 9.37 Å². The third kappa shape index (κ3) is 4.48. The lowest BCUT2D eigenvalue weighted by molar-refractivity contribution is -0.453. The first-order valence-electron chi connectivity index (χ1n) is 10.8. The van der Waals surface area contributed by atoms with E-state index in [1.54, 1.807) is 19.9 Å². The van der Waals surface area contributed by atoms with Crippen LogP contribution in [0, 0.1) is 13.8 Å². The molecule has 1 aliphatic heterocycles. The molecule has 0 saturated heterocycles. The van der Waals surface area contributed by atoms with Crippen molar-refractivity contribution in [3.63, 3.8) is 0 Å². The number of alkyl halides is 1. The summed E-state index contributed by atoms with van der Waals surface area (Å²) in [6.45, 7) is 2.56. The van der Waals surface area contributed by atoms with Gasteiger partial charge in [-0.15, -0.1) is 15.1 Å². The molecule has 1 saturated carbocycles. The first kappa shape index (κ1) is 23.6. The largest absolute Gasteiger partial charge is 0.502 e. The van der Waals surface area contributed by atoms with Crippen molar-refractivity contribution in [2.75, 3.05) is 6.67 Å². The number of carbonyl (C=O) groups is 2. The van der Waals surface area contributed by atoms with Crippen molar-refractivity contribution in [2.24, 2.45) is 0 Å². The number of amides is 3. The number of urea groups is 1. The number of hydrogen-bond donors (Lipinski definition) is 1. The average molecular weight is 522 g/mol. The van der Waals surface area contributed by atoms with Crippen LogP contribution in [0.3, 0.4) is 0 Å². The maximum Gasteiger partial charge on any atom is 0.502 e. The molecule has 5 rings (SSSR count). The molecule has 3 amide bonds. The second kappa shape index (κ2) is 8.53. The van der Waals surface area contributed by atoms with E-state index >= 15 is 0 Å². The lowest BCUT2D eigenvalue weighted by atomic mass is 9.99. The normalized spacial score (nSPS) is 21.4. The van der Waals surface area contributed by atoms with Gasteiger partial charge in [-0.3, -0.25) is 0 Å². The molecule has 35 heavy (non-hydrogen) atoms. The summed E-state index contributed by atoms with van der Waals surface area (Å²) < 4.78 is 48.2. The number of nitrogens with one attached hydrogen (secondary N) is 1. The molecule has 3 heterocycles. The van der Waals surface area contributed by atoms with Gasteiger partial charge in [-0.25, -0.2) is 22.3 Å². The van der Waals surface area contributed by atoms with E-state index in [1.165, 1.54) is 34.1 Å². The third-order valence-electron chi connectivity index (χ3n) is 5.96. The van der Waals surface area contributed by atoms with Gasteiger partial charge in [0.2, 0.25) is 10.0 Å². The molecule has 0 radical (unpaired) electrons. The highest BCUT2D eigenvalue weighted by atomic mass is 32.2. The summed E-state index contributed by atoms with van der Waals surface area (Å²) in [6, 6.07) is 0.999. The maximum atomic E-state index is 13.4. The lowest BCUT2D eigenvalue weighted by Gasteiger charge is -2.26. The highest BCUT2D eigenvalue weighted by Gasteiger charge is 2.49. The van der Waals surface area contributed by atoms with Crippen molar-refractivity contribution < 1.29 is 31.5 Å². The Labute approximate surface area is 204 Å². The molecule has 11 nitrogen and oxygen atoms in total. The molecule has 2 aromatic heterocycles. The van der Waals surface area contributed by atoms with Crippen LogP contribution >= 0.6 is 11.3 Å². The molecule has 14 heteroatoms. The van der Waals surface area contributed by atoms with Crippen molar-refractivity contribution in [1.82, 2.24) is 25.0 Å². The predicted octanol–water partition coefficient (Wildman–Crippen LogP) is 1.55. The zero-order valence-electron chi connectivity index (χ0n) is 18.9. The van der Waals surface area contributed by atoms with E-state index in [2.05, 4.69) is 20.1 Å². The van der Waals surface area contributed by atoms with E-state index in [0.717, 1.165) is 4.90 Å². The van der Waals surface area contributed by atoms with Gasteiger partial charge in [0.1, 0.15) is 34.8 Å². The van der Waals surface area contributed by atoms with E-state index < -0.39 is 39.4 Å². The Bertz CT molecular complexity index is 1420. The number of rotatable bonds is 8. The second-order valence-electron chi connectivity index (χ2n) is 8.76. The summed E-state index contributed by atoms with van der Waals surface area (Å²) in [5.74, 6) is -0.365. The van der Waals surface area contributed by atoms with Crippen molar-refractivity contribution in [3.05, 3.63) is 51.3 Å². The van der Waals surface area contributed by atoms with Crippen LogP contribution in [-0.2, 0) is 27.9 Å². The number of nitrogens with zero attached hydrogens (tertiary/aromatic N) is 5. The summed E-state index contributed by atoms with van der Waals surface area (Å²) in [5, 5.41) is 11.9. The Balaban J connectivity index is 1.53. The number of aromatic nitrogens is 3. The zero-order chi connectivity index (χ0) is 25.0. The van der Waals surface area contributed by atoms with Crippen molar-refractivity contribution in [2.45, 2.75) is 50.6 Å². The van der Waals surface area contributed by atoms with Gasteiger partial charge in [0.15, 0.2) is 17.3 Å². The fourth-order valence-corrected chi connectivity index (χ4v) is 6.23. The van der Waals surface area contributed by atoms with Crippen molar-refractivity contribution in [1.29, 1.82) is 0 Å². The summed E-state index contributed by atoms with van der Waals surface area (Å²) in [5.41, 5.74) is -0.176. The molecule has 2 aromatic rings. The topological polar surface area (TPSA) is 138 Å². The van der Waals surface area contributed by atoms with Gasteiger partial charge < -0.3 is 4.52 Å². The quantitative estimate of drug-likeness (QED) is 0.517. The van der Waals surface area contributed by atoms with Gasteiger partial charge in [-0.1, -0.05) is 22.6 Å². The van der Waals surface area contributed by atoms with Crippen LogP contribution in [0.2, 0.25) is 0 Å². The molecule has 2 aliphatic carbocycles.